The van der Waals surface area contributed by atoms with E-state index < -0.39 is 5.91 Å². The summed E-state index contributed by atoms with van der Waals surface area (Å²) < 4.78 is 2.13. The Morgan fingerprint density at radius 2 is 2.03 bits per heavy atom. The van der Waals surface area contributed by atoms with Crippen molar-refractivity contribution in [2.24, 2.45) is 5.73 Å². The van der Waals surface area contributed by atoms with Crippen molar-refractivity contribution < 1.29 is 4.79 Å². The number of primary amides is 1. The smallest absolute Gasteiger partial charge is 0.267 e. The molecule has 3 atom stereocenters. The van der Waals surface area contributed by atoms with Gasteiger partial charge in [0.05, 0.1) is 23.6 Å². The highest BCUT2D eigenvalue weighted by Crippen LogP contribution is 2.34. The average Bonchev–Trinajstić information content (AvgIpc) is 3.30. The number of pyridine rings is 1. The Hall–Kier alpha value is -2.55. The Morgan fingerprint density at radius 1 is 1.26 bits per heavy atom. The number of allylic oxidation sites excluding steroid dienone is 2. The third-order valence-corrected chi connectivity index (χ3v) is 8.38. The van der Waals surface area contributed by atoms with Crippen LogP contribution in [0.4, 0.5) is 0 Å². The molecule has 2 aromatic rings. The minimum Gasteiger partial charge on any atom is -0.364 e. The van der Waals surface area contributed by atoms with E-state index in [0.29, 0.717) is 18.3 Å². The van der Waals surface area contributed by atoms with Crippen LogP contribution in [-0.2, 0) is 19.4 Å². The molecule has 0 bridgehead atoms. The van der Waals surface area contributed by atoms with Crippen molar-refractivity contribution in [2.75, 3.05) is 33.7 Å². The summed E-state index contributed by atoms with van der Waals surface area (Å²) in [6.07, 6.45) is 12.0. The van der Waals surface area contributed by atoms with Crippen LogP contribution >= 0.6 is 0 Å². The number of carbonyl (C=O) groups is 1. The third-order valence-electron chi connectivity index (χ3n) is 8.38. The number of hydrogen-bond acceptors (Lipinski definition) is 6. The Morgan fingerprint density at radius 3 is 2.64 bits per heavy atom. The topological polar surface area (TPSA) is 83.5 Å². The zero-order valence-corrected chi connectivity index (χ0v) is 25.4. The highest BCUT2D eigenvalue weighted by molar-refractivity contribution is 5.92. The number of carbonyl (C=O) groups excluding carboxylic acids is 1. The zero-order valence-electron chi connectivity index (χ0n) is 25.4. The molecule has 2 heterocycles. The number of imidazole rings is 1. The largest absolute Gasteiger partial charge is 0.364 e. The summed E-state index contributed by atoms with van der Waals surface area (Å²) in [5, 5.41) is 0. The standard InChI is InChI=1S/C31H51N7O/c1-8-12-13-19-28-34-26(22-37(11-4)27-18-14-16-24-17-15-20-33-29(24)27)30(31(32)39)38(28)23(5)36(10-3)21-25(9-2)35(6)7/h8,12,15,17,20,23,25,27H,9-11,13-14,16,18-19,21-22H2,1-7H3,(H2,32,39)/b12-8-/t23?,25?,27-/m0/s1. The van der Waals surface area contributed by atoms with Crippen molar-refractivity contribution in [1.29, 1.82) is 0 Å². The number of hydrogen-bond donors (Lipinski definition) is 1. The van der Waals surface area contributed by atoms with E-state index in [4.69, 9.17) is 15.7 Å². The molecule has 39 heavy (non-hydrogen) atoms. The molecule has 0 saturated carbocycles. The van der Waals surface area contributed by atoms with Crippen LogP contribution in [0.1, 0.15) is 106 Å². The molecule has 2 aromatic heterocycles. The minimum atomic E-state index is -0.407. The number of aryl methyl sites for hydroxylation is 2. The minimum absolute atomic E-state index is 0.0412. The van der Waals surface area contributed by atoms with E-state index >= 15 is 0 Å². The molecule has 1 amide bonds. The Balaban J connectivity index is 2.03. The molecule has 0 fully saturated rings. The molecule has 0 radical (unpaired) electrons. The fourth-order valence-corrected chi connectivity index (χ4v) is 6.07. The van der Waals surface area contributed by atoms with Crippen molar-refractivity contribution in [1.82, 2.24) is 29.2 Å². The SMILES string of the molecule is C/C=C\CCc1nc(CN(CC)[C@H]2CCCc3cccnc32)c(C(N)=O)n1C(C)N(CC)CC(CC)N(C)C. The van der Waals surface area contributed by atoms with E-state index in [1.165, 1.54) is 11.3 Å². The predicted octanol–water partition coefficient (Wildman–Crippen LogP) is 4.97. The van der Waals surface area contributed by atoms with Gasteiger partial charge in [0, 0.05) is 31.7 Å². The van der Waals surface area contributed by atoms with Crippen LogP contribution in [0.5, 0.6) is 0 Å². The quantitative estimate of drug-likeness (QED) is 0.323. The van der Waals surface area contributed by atoms with Gasteiger partial charge in [0.1, 0.15) is 11.5 Å². The number of nitrogens with zero attached hydrogens (tertiary/aromatic N) is 6. The monoisotopic (exact) mass is 537 g/mol. The van der Waals surface area contributed by atoms with Gasteiger partial charge >= 0.3 is 0 Å². The van der Waals surface area contributed by atoms with Gasteiger partial charge in [-0.2, -0.15) is 0 Å². The summed E-state index contributed by atoms with van der Waals surface area (Å²) in [6.45, 7) is 14.0. The number of rotatable bonds is 15. The average molecular weight is 538 g/mol. The molecular formula is C31H51N7O. The van der Waals surface area contributed by atoms with Crippen molar-refractivity contribution in [2.45, 2.75) is 97.9 Å². The maximum atomic E-state index is 13.1. The molecule has 2 unspecified atom stereocenters. The van der Waals surface area contributed by atoms with E-state index in [2.05, 4.69) is 79.3 Å². The molecule has 1 aliphatic rings. The second kappa shape index (κ2) is 14.7. The summed E-state index contributed by atoms with van der Waals surface area (Å²) >= 11 is 0. The summed E-state index contributed by atoms with van der Waals surface area (Å²) in [6, 6.07) is 4.87. The van der Waals surface area contributed by atoms with Crippen LogP contribution in [0.3, 0.4) is 0 Å². The number of aromatic nitrogens is 3. The highest BCUT2D eigenvalue weighted by Gasteiger charge is 2.32. The Kier molecular flexibility index (Phi) is 11.7. The van der Waals surface area contributed by atoms with Gasteiger partial charge in [0.25, 0.3) is 5.91 Å². The van der Waals surface area contributed by atoms with Crippen LogP contribution in [-0.4, -0.2) is 74.9 Å². The lowest BCUT2D eigenvalue weighted by molar-refractivity contribution is 0.0931. The van der Waals surface area contributed by atoms with Crippen molar-refractivity contribution in [3.05, 3.63) is 59.0 Å². The molecule has 0 aliphatic heterocycles. The third kappa shape index (κ3) is 7.35. The molecule has 0 saturated heterocycles. The maximum Gasteiger partial charge on any atom is 0.267 e. The molecule has 216 valence electrons. The summed E-state index contributed by atoms with van der Waals surface area (Å²) in [5.74, 6) is 0.523. The van der Waals surface area contributed by atoms with Crippen LogP contribution in [0.2, 0.25) is 0 Å². The fourth-order valence-electron chi connectivity index (χ4n) is 6.07. The second-order valence-electron chi connectivity index (χ2n) is 10.9. The zero-order chi connectivity index (χ0) is 28.5. The molecule has 8 heteroatoms. The summed E-state index contributed by atoms with van der Waals surface area (Å²) in [4.78, 5) is 30.2. The van der Waals surface area contributed by atoms with E-state index in [0.717, 1.165) is 69.7 Å². The van der Waals surface area contributed by atoms with E-state index in [9.17, 15) is 4.79 Å². The highest BCUT2D eigenvalue weighted by atomic mass is 16.1. The summed E-state index contributed by atoms with van der Waals surface area (Å²) in [5.41, 5.74) is 9.97. The first-order chi connectivity index (χ1) is 18.8. The second-order valence-corrected chi connectivity index (χ2v) is 10.9. The number of likely N-dealkylation sites (N-methyl/N-ethyl adjacent to an activating group) is 2. The van der Waals surface area contributed by atoms with Crippen LogP contribution in [0.25, 0.3) is 0 Å². The molecule has 8 nitrogen and oxygen atoms in total. The van der Waals surface area contributed by atoms with Crippen LogP contribution < -0.4 is 5.73 Å². The summed E-state index contributed by atoms with van der Waals surface area (Å²) in [7, 11) is 4.27. The number of fused-ring (bicyclic) bond motifs is 1. The molecule has 2 N–H and O–H groups in total. The Bertz CT molecular complexity index is 1090. The lowest BCUT2D eigenvalue weighted by Crippen LogP contribution is -2.43. The normalized spacial score (nSPS) is 17.3. The molecule has 1 aliphatic carbocycles. The van der Waals surface area contributed by atoms with Gasteiger partial charge in [0.15, 0.2) is 0 Å². The van der Waals surface area contributed by atoms with Crippen molar-refractivity contribution in [3.63, 3.8) is 0 Å². The lowest BCUT2D eigenvalue weighted by atomic mass is 9.90. The van der Waals surface area contributed by atoms with Crippen molar-refractivity contribution in [3.8, 4) is 0 Å². The molecule has 0 spiro atoms. The van der Waals surface area contributed by atoms with Gasteiger partial charge in [-0.1, -0.05) is 39.0 Å². The lowest BCUT2D eigenvalue weighted by Gasteiger charge is -2.36. The fraction of sp³-hybridized carbons (Fsp3) is 0.645. The van der Waals surface area contributed by atoms with Crippen LogP contribution in [0, 0.1) is 0 Å². The van der Waals surface area contributed by atoms with Gasteiger partial charge in [-0.3, -0.25) is 19.6 Å². The van der Waals surface area contributed by atoms with Gasteiger partial charge in [-0.15, -0.1) is 0 Å². The maximum absolute atomic E-state index is 13.1. The van der Waals surface area contributed by atoms with Gasteiger partial charge in [0.2, 0.25) is 0 Å². The van der Waals surface area contributed by atoms with Crippen molar-refractivity contribution >= 4 is 5.91 Å². The first kappa shape index (κ1) is 31.0. The number of nitrogens with two attached hydrogens (primary N) is 1. The van der Waals surface area contributed by atoms with E-state index in [1.54, 1.807) is 0 Å². The van der Waals surface area contributed by atoms with Gasteiger partial charge in [-0.05, 0) is 84.8 Å². The molecular weight excluding hydrogens is 486 g/mol. The molecule has 0 aromatic carbocycles. The van der Waals surface area contributed by atoms with Gasteiger partial charge < -0.3 is 15.2 Å². The number of amides is 1. The predicted molar refractivity (Wildman–Crippen MR) is 160 cm³/mol. The van der Waals surface area contributed by atoms with Gasteiger partial charge in [-0.25, -0.2) is 4.98 Å². The molecule has 3 rings (SSSR count). The first-order valence-corrected chi connectivity index (χ1v) is 14.9. The first-order valence-electron chi connectivity index (χ1n) is 14.9. The van der Waals surface area contributed by atoms with Crippen LogP contribution in [0.15, 0.2) is 30.5 Å². The Labute approximate surface area is 236 Å². The van der Waals surface area contributed by atoms with E-state index in [1.807, 2.05) is 19.2 Å². The van der Waals surface area contributed by atoms with E-state index in [-0.39, 0.29) is 12.2 Å².